The molecule has 1 unspecified atom stereocenters. The number of thiophene rings is 1. The number of fused-ring (bicyclic) bond motifs is 2. The summed E-state index contributed by atoms with van der Waals surface area (Å²) >= 11 is 1.54. The first kappa shape index (κ1) is 18.9. The largest absolute Gasteiger partial charge is 0.346 e. The zero-order valence-corrected chi connectivity index (χ0v) is 16.4. The molecule has 3 aliphatic rings. The van der Waals surface area contributed by atoms with Crippen LogP contribution < -0.4 is 10.6 Å². The molecule has 3 heterocycles. The number of nitrogens with one attached hydrogen (secondary N) is 2. The van der Waals surface area contributed by atoms with Gasteiger partial charge in [0.05, 0.1) is 18.2 Å². The van der Waals surface area contributed by atoms with E-state index >= 15 is 0 Å². The minimum absolute atomic E-state index is 0.0979. The van der Waals surface area contributed by atoms with Gasteiger partial charge in [-0.15, -0.1) is 11.3 Å². The fraction of sp³-hybridized carbons (Fsp3) is 0.579. The molecule has 8 nitrogen and oxygen atoms in total. The van der Waals surface area contributed by atoms with Crippen LogP contribution in [0.4, 0.5) is 5.00 Å². The SMILES string of the molecule is N#Cc1c(NC(=O)CN2CCN3C(=O)C(=O)NCC3C2)sc2c1CCCCC2. The zero-order chi connectivity index (χ0) is 19.7. The second-order valence-corrected chi connectivity index (χ2v) is 8.63. The second-order valence-electron chi connectivity index (χ2n) is 7.53. The number of piperazine rings is 2. The van der Waals surface area contributed by atoms with Crippen LogP contribution in [0.15, 0.2) is 0 Å². The summed E-state index contributed by atoms with van der Waals surface area (Å²) in [5.41, 5.74) is 1.74. The number of hydrogen-bond donors (Lipinski definition) is 2. The quantitative estimate of drug-likeness (QED) is 0.566. The van der Waals surface area contributed by atoms with E-state index in [4.69, 9.17) is 0 Å². The predicted octanol–water partition coefficient (Wildman–Crippen LogP) is 0.470. The standard InChI is InChI=1S/C19H23N5O3S/c20-8-14-13-4-2-1-3-5-15(13)28-18(14)22-16(25)11-23-6-7-24-12(10-23)9-21-17(26)19(24)27/h12H,1-7,9-11H2,(H,21,26)(H,22,25). The fourth-order valence-electron chi connectivity index (χ4n) is 4.24. The van der Waals surface area contributed by atoms with E-state index in [9.17, 15) is 19.6 Å². The Balaban J connectivity index is 1.39. The maximum absolute atomic E-state index is 12.6. The van der Waals surface area contributed by atoms with Gasteiger partial charge in [-0.1, -0.05) is 6.42 Å². The summed E-state index contributed by atoms with van der Waals surface area (Å²) in [5.74, 6) is -1.18. The Kier molecular flexibility index (Phi) is 5.33. The van der Waals surface area contributed by atoms with Crippen molar-refractivity contribution in [2.24, 2.45) is 0 Å². The van der Waals surface area contributed by atoms with E-state index in [1.54, 1.807) is 4.90 Å². The third-order valence-electron chi connectivity index (χ3n) is 5.67. The Morgan fingerprint density at radius 3 is 2.89 bits per heavy atom. The summed E-state index contributed by atoms with van der Waals surface area (Å²) < 4.78 is 0. The maximum Gasteiger partial charge on any atom is 0.312 e. The van der Waals surface area contributed by atoms with Gasteiger partial charge in [-0.2, -0.15) is 5.26 Å². The third-order valence-corrected chi connectivity index (χ3v) is 6.88. The molecule has 1 atom stereocenters. The van der Waals surface area contributed by atoms with Crippen LogP contribution >= 0.6 is 11.3 Å². The molecule has 0 aromatic carbocycles. The topological polar surface area (TPSA) is 106 Å². The highest BCUT2D eigenvalue weighted by Crippen LogP contribution is 2.36. The molecule has 0 spiro atoms. The van der Waals surface area contributed by atoms with E-state index in [-0.39, 0.29) is 18.5 Å². The minimum Gasteiger partial charge on any atom is -0.346 e. The molecule has 0 radical (unpaired) electrons. The lowest BCUT2D eigenvalue weighted by molar-refractivity contribution is -0.152. The zero-order valence-electron chi connectivity index (χ0n) is 15.6. The molecule has 1 aromatic rings. The van der Waals surface area contributed by atoms with Gasteiger partial charge in [0.2, 0.25) is 5.91 Å². The number of nitriles is 1. The highest BCUT2D eigenvalue weighted by molar-refractivity contribution is 7.16. The Morgan fingerprint density at radius 1 is 1.25 bits per heavy atom. The first-order chi connectivity index (χ1) is 13.6. The Hall–Kier alpha value is -2.44. The average molecular weight is 401 g/mol. The summed E-state index contributed by atoms with van der Waals surface area (Å²) in [4.78, 5) is 40.8. The Morgan fingerprint density at radius 2 is 2.07 bits per heavy atom. The first-order valence-electron chi connectivity index (χ1n) is 9.72. The summed E-state index contributed by atoms with van der Waals surface area (Å²) in [5, 5.41) is 15.8. The number of anilines is 1. The van der Waals surface area contributed by atoms with Crippen molar-refractivity contribution in [3.63, 3.8) is 0 Å². The average Bonchev–Trinajstić information content (AvgIpc) is 2.84. The first-order valence-corrected chi connectivity index (χ1v) is 10.5. The van der Waals surface area contributed by atoms with Crippen molar-refractivity contribution in [3.8, 4) is 6.07 Å². The maximum atomic E-state index is 12.6. The van der Waals surface area contributed by atoms with Gasteiger partial charge in [0.1, 0.15) is 11.1 Å². The van der Waals surface area contributed by atoms with Gasteiger partial charge in [-0.3, -0.25) is 19.3 Å². The number of hydrogen-bond acceptors (Lipinski definition) is 6. The summed E-state index contributed by atoms with van der Waals surface area (Å²) in [6, 6.07) is 2.19. The molecule has 0 saturated carbocycles. The van der Waals surface area contributed by atoms with Crippen LogP contribution in [0.1, 0.15) is 35.3 Å². The lowest BCUT2D eigenvalue weighted by Crippen LogP contribution is -2.65. The monoisotopic (exact) mass is 401 g/mol. The van der Waals surface area contributed by atoms with Gasteiger partial charge in [0.15, 0.2) is 0 Å². The third kappa shape index (κ3) is 3.62. The van der Waals surface area contributed by atoms with Gasteiger partial charge in [0.25, 0.3) is 0 Å². The van der Waals surface area contributed by atoms with Gasteiger partial charge < -0.3 is 15.5 Å². The summed E-state index contributed by atoms with van der Waals surface area (Å²) in [6.07, 6.45) is 5.30. The number of aryl methyl sites for hydroxylation is 1. The number of rotatable bonds is 3. The van der Waals surface area contributed by atoms with Gasteiger partial charge in [-0.25, -0.2) is 0 Å². The minimum atomic E-state index is -0.552. The number of carbonyl (C=O) groups is 3. The van der Waals surface area contributed by atoms with Crippen LogP contribution in [0.5, 0.6) is 0 Å². The molecule has 2 fully saturated rings. The molecule has 4 rings (SSSR count). The van der Waals surface area contributed by atoms with Gasteiger partial charge in [0, 0.05) is 31.1 Å². The Bertz CT molecular complexity index is 858. The Labute approximate surface area is 167 Å². The molecule has 0 bridgehead atoms. The fourth-order valence-corrected chi connectivity index (χ4v) is 5.50. The smallest absolute Gasteiger partial charge is 0.312 e. The highest BCUT2D eigenvalue weighted by Gasteiger charge is 2.37. The highest BCUT2D eigenvalue weighted by atomic mass is 32.1. The van der Waals surface area contributed by atoms with E-state index < -0.39 is 11.8 Å². The van der Waals surface area contributed by atoms with Crippen LogP contribution in [-0.4, -0.2) is 66.3 Å². The molecule has 1 aliphatic carbocycles. The molecule has 9 heteroatoms. The van der Waals surface area contributed by atoms with Crippen LogP contribution in [0.3, 0.4) is 0 Å². The van der Waals surface area contributed by atoms with Crippen molar-refractivity contribution in [3.05, 3.63) is 16.0 Å². The molecule has 2 N–H and O–H groups in total. The van der Waals surface area contributed by atoms with Crippen LogP contribution in [0.25, 0.3) is 0 Å². The molecular formula is C19H23N5O3S. The molecule has 2 saturated heterocycles. The number of amides is 3. The van der Waals surface area contributed by atoms with Crippen molar-refractivity contribution in [1.29, 1.82) is 5.26 Å². The summed E-state index contributed by atoms with van der Waals surface area (Å²) in [7, 11) is 0. The summed E-state index contributed by atoms with van der Waals surface area (Å²) in [6.45, 7) is 2.17. The van der Waals surface area contributed by atoms with Crippen molar-refractivity contribution < 1.29 is 14.4 Å². The number of carbonyl (C=O) groups excluding carboxylic acids is 3. The van der Waals surface area contributed by atoms with Crippen molar-refractivity contribution in [2.45, 2.75) is 38.1 Å². The molecule has 148 valence electrons. The van der Waals surface area contributed by atoms with Crippen molar-refractivity contribution in [1.82, 2.24) is 15.1 Å². The molecular weight excluding hydrogens is 378 g/mol. The number of nitrogens with zero attached hydrogens (tertiary/aromatic N) is 3. The van der Waals surface area contributed by atoms with E-state index in [2.05, 4.69) is 16.7 Å². The molecule has 28 heavy (non-hydrogen) atoms. The lowest BCUT2D eigenvalue weighted by atomic mass is 10.1. The van der Waals surface area contributed by atoms with E-state index in [0.717, 1.165) is 31.2 Å². The van der Waals surface area contributed by atoms with Gasteiger partial charge in [-0.05, 0) is 31.2 Å². The van der Waals surface area contributed by atoms with E-state index in [0.29, 0.717) is 36.7 Å². The predicted molar refractivity (Wildman–Crippen MR) is 104 cm³/mol. The normalized spacial score (nSPS) is 22.5. The van der Waals surface area contributed by atoms with Crippen molar-refractivity contribution >= 4 is 34.1 Å². The van der Waals surface area contributed by atoms with Crippen molar-refractivity contribution in [2.75, 3.05) is 38.0 Å². The molecule has 2 aliphatic heterocycles. The lowest BCUT2D eigenvalue weighted by Gasteiger charge is -2.43. The van der Waals surface area contributed by atoms with E-state index in [1.807, 2.05) is 4.90 Å². The van der Waals surface area contributed by atoms with Crippen LogP contribution in [-0.2, 0) is 27.2 Å². The molecule has 1 aromatic heterocycles. The van der Waals surface area contributed by atoms with Crippen LogP contribution in [0.2, 0.25) is 0 Å². The van der Waals surface area contributed by atoms with E-state index in [1.165, 1.54) is 22.6 Å². The molecule has 3 amide bonds. The van der Waals surface area contributed by atoms with Gasteiger partial charge >= 0.3 is 11.8 Å². The second kappa shape index (κ2) is 7.89. The van der Waals surface area contributed by atoms with Crippen LogP contribution in [0, 0.1) is 11.3 Å².